The van der Waals surface area contributed by atoms with Gasteiger partial charge in [-0.25, -0.2) is 4.98 Å². The Bertz CT molecular complexity index is 322. The van der Waals surface area contributed by atoms with E-state index in [1.54, 1.807) is 0 Å². The van der Waals surface area contributed by atoms with Crippen LogP contribution in [0.25, 0.3) is 0 Å². The molecule has 1 atom stereocenters. The number of nitrogens with zero attached hydrogens (tertiary/aromatic N) is 2. The van der Waals surface area contributed by atoms with Gasteiger partial charge in [-0.3, -0.25) is 5.10 Å². The molecule has 0 fully saturated rings. The van der Waals surface area contributed by atoms with Crippen LogP contribution in [0.3, 0.4) is 0 Å². The topological polar surface area (TPSA) is 67.6 Å². The number of hydrogen-bond acceptors (Lipinski definition) is 3. The third-order valence-corrected chi connectivity index (χ3v) is 2.57. The van der Waals surface area contributed by atoms with Gasteiger partial charge >= 0.3 is 0 Å². The van der Waals surface area contributed by atoms with Gasteiger partial charge in [0, 0.05) is 18.4 Å². The molecule has 0 bridgehead atoms. The van der Waals surface area contributed by atoms with Crippen molar-refractivity contribution in [2.45, 2.75) is 52.9 Å². The molecule has 0 aromatic carbocycles. The van der Waals surface area contributed by atoms with Crippen LogP contribution in [0, 0.1) is 5.41 Å². The summed E-state index contributed by atoms with van der Waals surface area (Å²) in [5.74, 6) is 2.45. The zero-order valence-corrected chi connectivity index (χ0v) is 11.0. The molecule has 0 aliphatic carbocycles. The Labute approximate surface area is 98.0 Å². The summed E-state index contributed by atoms with van der Waals surface area (Å²) in [5, 5.41) is 7.24. The van der Waals surface area contributed by atoms with Gasteiger partial charge in [-0.1, -0.05) is 34.6 Å². The van der Waals surface area contributed by atoms with Crippen LogP contribution >= 0.6 is 0 Å². The Morgan fingerprint density at radius 1 is 1.31 bits per heavy atom. The Morgan fingerprint density at radius 3 is 2.31 bits per heavy atom. The predicted molar refractivity (Wildman–Crippen MR) is 66.3 cm³/mol. The van der Waals surface area contributed by atoms with E-state index >= 15 is 0 Å². The van der Waals surface area contributed by atoms with Crippen LogP contribution in [0.15, 0.2) is 0 Å². The minimum absolute atomic E-state index is 0.259. The average molecular weight is 224 g/mol. The fourth-order valence-corrected chi connectivity index (χ4v) is 1.76. The molecule has 1 aromatic rings. The molecular formula is C12H24N4. The molecule has 0 amide bonds. The maximum Gasteiger partial charge on any atom is 0.153 e. The Morgan fingerprint density at radius 2 is 1.94 bits per heavy atom. The van der Waals surface area contributed by atoms with Crippen LogP contribution in [0.2, 0.25) is 0 Å². The average Bonchev–Trinajstić information content (AvgIpc) is 2.61. The highest BCUT2D eigenvalue weighted by atomic mass is 15.2. The van der Waals surface area contributed by atoms with Crippen molar-refractivity contribution in [2.24, 2.45) is 11.1 Å². The SMILES string of the molecule is CC(C)c1n[nH]c(C(CN)CC(C)(C)C)n1. The molecule has 1 heterocycles. The van der Waals surface area contributed by atoms with Crippen LogP contribution in [0.5, 0.6) is 0 Å². The number of hydrogen-bond donors (Lipinski definition) is 2. The minimum Gasteiger partial charge on any atom is -0.330 e. The zero-order chi connectivity index (χ0) is 12.3. The molecule has 92 valence electrons. The number of H-pyrrole nitrogens is 1. The summed E-state index contributed by atoms with van der Waals surface area (Å²) in [6.45, 7) is 11.5. The number of nitrogens with two attached hydrogens (primary N) is 1. The van der Waals surface area contributed by atoms with Gasteiger partial charge in [0.2, 0.25) is 0 Å². The summed E-state index contributed by atoms with van der Waals surface area (Å²) in [7, 11) is 0. The van der Waals surface area contributed by atoms with Crippen molar-refractivity contribution < 1.29 is 0 Å². The molecule has 3 N–H and O–H groups in total. The van der Waals surface area contributed by atoms with Crippen molar-refractivity contribution in [3.8, 4) is 0 Å². The molecule has 0 aliphatic rings. The van der Waals surface area contributed by atoms with Crippen molar-refractivity contribution in [2.75, 3.05) is 6.54 Å². The fourth-order valence-electron chi connectivity index (χ4n) is 1.76. The van der Waals surface area contributed by atoms with Gasteiger partial charge in [0.1, 0.15) is 5.82 Å². The zero-order valence-electron chi connectivity index (χ0n) is 11.0. The van der Waals surface area contributed by atoms with Gasteiger partial charge in [0.05, 0.1) is 0 Å². The summed E-state index contributed by atoms with van der Waals surface area (Å²) in [4.78, 5) is 4.52. The second-order valence-corrected chi connectivity index (χ2v) is 5.93. The lowest BCUT2D eigenvalue weighted by Gasteiger charge is -2.23. The number of nitrogens with one attached hydrogen (secondary N) is 1. The maximum absolute atomic E-state index is 5.81. The summed E-state index contributed by atoms with van der Waals surface area (Å²) >= 11 is 0. The van der Waals surface area contributed by atoms with E-state index in [1.807, 2.05) is 0 Å². The standard InChI is InChI=1S/C12H24N4/c1-8(2)10-14-11(16-15-10)9(7-13)6-12(3,4)5/h8-9H,6-7,13H2,1-5H3,(H,14,15,16). The van der Waals surface area contributed by atoms with Crippen molar-refractivity contribution in [1.82, 2.24) is 15.2 Å². The van der Waals surface area contributed by atoms with Crippen molar-refractivity contribution in [1.29, 1.82) is 0 Å². The highest BCUT2D eigenvalue weighted by Gasteiger charge is 2.22. The van der Waals surface area contributed by atoms with E-state index in [0.29, 0.717) is 12.5 Å². The quantitative estimate of drug-likeness (QED) is 0.825. The van der Waals surface area contributed by atoms with Crippen LogP contribution in [0.4, 0.5) is 0 Å². The van der Waals surface area contributed by atoms with Gasteiger partial charge in [-0.05, 0) is 11.8 Å². The Balaban J connectivity index is 2.79. The third-order valence-electron chi connectivity index (χ3n) is 2.57. The van der Waals surface area contributed by atoms with Gasteiger partial charge in [0.25, 0.3) is 0 Å². The maximum atomic E-state index is 5.81. The molecule has 1 unspecified atom stereocenters. The molecule has 0 saturated heterocycles. The molecular weight excluding hydrogens is 200 g/mol. The van der Waals surface area contributed by atoms with Crippen LogP contribution in [-0.4, -0.2) is 21.7 Å². The lowest BCUT2D eigenvalue weighted by Crippen LogP contribution is -2.20. The molecule has 4 heteroatoms. The molecule has 1 rings (SSSR count). The second-order valence-electron chi connectivity index (χ2n) is 5.93. The smallest absolute Gasteiger partial charge is 0.153 e. The van der Waals surface area contributed by atoms with E-state index in [-0.39, 0.29) is 11.3 Å². The van der Waals surface area contributed by atoms with Crippen LogP contribution in [0.1, 0.15) is 64.5 Å². The molecule has 0 saturated carbocycles. The van der Waals surface area contributed by atoms with Crippen LogP contribution < -0.4 is 5.73 Å². The number of aromatic nitrogens is 3. The first-order valence-electron chi connectivity index (χ1n) is 5.95. The van der Waals surface area contributed by atoms with Crippen molar-refractivity contribution in [3.63, 3.8) is 0 Å². The summed E-state index contributed by atoms with van der Waals surface area (Å²) in [5.41, 5.74) is 6.07. The Kier molecular flexibility index (Phi) is 4.08. The normalized spacial score (nSPS) is 14.4. The van der Waals surface area contributed by atoms with E-state index in [2.05, 4.69) is 49.8 Å². The molecule has 0 spiro atoms. The summed E-state index contributed by atoms with van der Waals surface area (Å²) in [6.07, 6.45) is 1.02. The Hall–Kier alpha value is -0.900. The lowest BCUT2D eigenvalue weighted by molar-refractivity contribution is 0.336. The van der Waals surface area contributed by atoms with Crippen molar-refractivity contribution >= 4 is 0 Å². The fraction of sp³-hybridized carbons (Fsp3) is 0.833. The first kappa shape index (κ1) is 13.2. The van der Waals surface area contributed by atoms with Gasteiger partial charge < -0.3 is 5.73 Å². The monoisotopic (exact) mass is 224 g/mol. The molecule has 1 aromatic heterocycles. The van der Waals surface area contributed by atoms with E-state index in [0.717, 1.165) is 18.1 Å². The highest BCUT2D eigenvalue weighted by molar-refractivity contribution is 5.02. The largest absolute Gasteiger partial charge is 0.330 e. The molecule has 4 nitrogen and oxygen atoms in total. The third kappa shape index (κ3) is 3.59. The minimum atomic E-state index is 0.259. The van der Waals surface area contributed by atoms with Gasteiger partial charge in [-0.2, -0.15) is 5.10 Å². The van der Waals surface area contributed by atoms with Crippen molar-refractivity contribution in [3.05, 3.63) is 11.6 Å². The van der Waals surface area contributed by atoms with E-state index in [9.17, 15) is 0 Å². The number of rotatable bonds is 4. The summed E-state index contributed by atoms with van der Waals surface area (Å²) < 4.78 is 0. The van der Waals surface area contributed by atoms with E-state index < -0.39 is 0 Å². The molecule has 0 radical (unpaired) electrons. The number of aromatic amines is 1. The first-order valence-corrected chi connectivity index (χ1v) is 5.95. The lowest BCUT2D eigenvalue weighted by atomic mass is 9.84. The highest BCUT2D eigenvalue weighted by Crippen LogP contribution is 2.29. The van der Waals surface area contributed by atoms with E-state index in [1.165, 1.54) is 0 Å². The summed E-state index contributed by atoms with van der Waals surface area (Å²) in [6, 6.07) is 0. The predicted octanol–water partition coefficient (Wildman–Crippen LogP) is 2.41. The molecule has 0 aliphatic heterocycles. The first-order chi connectivity index (χ1) is 7.33. The van der Waals surface area contributed by atoms with Gasteiger partial charge in [0.15, 0.2) is 5.82 Å². The van der Waals surface area contributed by atoms with Gasteiger partial charge in [-0.15, -0.1) is 0 Å². The van der Waals surface area contributed by atoms with Crippen LogP contribution in [-0.2, 0) is 0 Å². The molecule has 16 heavy (non-hydrogen) atoms. The second kappa shape index (κ2) is 4.95. The van der Waals surface area contributed by atoms with E-state index in [4.69, 9.17) is 5.73 Å².